The molecule has 2 N–H and O–H groups in total. The van der Waals surface area contributed by atoms with Crippen LogP contribution in [0.4, 0.5) is 0 Å². The van der Waals surface area contributed by atoms with E-state index in [-0.39, 0.29) is 12.5 Å². The highest BCUT2D eigenvalue weighted by molar-refractivity contribution is 5.95. The number of aliphatic carboxylic acids is 1. The second-order valence-corrected chi connectivity index (χ2v) is 7.01. The molecule has 0 aliphatic heterocycles. The van der Waals surface area contributed by atoms with Gasteiger partial charge in [0.1, 0.15) is 12.4 Å². The smallest absolute Gasteiger partial charge is 0.311 e. The summed E-state index contributed by atoms with van der Waals surface area (Å²) in [5.41, 5.74) is 0.547. The molecule has 1 aromatic heterocycles. The Hall–Kier alpha value is -2.89. The van der Waals surface area contributed by atoms with Gasteiger partial charge in [0.15, 0.2) is 0 Å². The summed E-state index contributed by atoms with van der Waals surface area (Å²) in [5, 5.41) is 12.4. The molecule has 1 fully saturated rings. The van der Waals surface area contributed by atoms with Gasteiger partial charge in [-0.15, -0.1) is 0 Å². The van der Waals surface area contributed by atoms with Crippen LogP contribution in [0, 0.1) is 5.41 Å². The van der Waals surface area contributed by atoms with Gasteiger partial charge in [-0.25, -0.2) is 0 Å². The molecule has 27 heavy (non-hydrogen) atoms. The lowest BCUT2D eigenvalue weighted by Crippen LogP contribution is -2.44. The SMILES string of the molecule is O=C(NCC1(C(=O)O)CCCCC1)c1cccc(OCc2cccnc2)c1. The fourth-order valence-electron chi connectivity index (χ4n) is 3.42. The van der Waals surface area contributed by atoms with Crippen molar-refractivity contribution in [3.05, 3.63) is 59.9 Å². The van der Waals surface area contributed by atoms with Crippen LogP contribution in [0.5, 0.6) is 5.75 Å². The highest BCUT2D eigenvalue weighted by Crippen LogP contribution is 2.36. The summed E-state index contributed by atoms with van der Waals surface area (Å²) in [6, 6.07) is 10.7. The summed E-state index contributed by atoms with van der Waals surface area (Å²) in [4.78, 5) is 28.3. The number of nitrogens with one attached hydrogen (secondary N) is 1. The number of carboxylic acids is 1. The number of carboxylic acid groups (broad SMARTS) is 1. The molecule has 0 atom stereocenters. The highest BCUT2D eigenvalue weighted by Gasteiger charge is 2.39. The minimum Gasteiger partial charge on any atom is -0.489 e. The molecule has 0 unspecified atom stereocenters. The van der Waals surface area contributed by atoms with Crippen LogP contribution in [0.15, 0.2) is 48.8 Å². The van der Waals surface area contributed by atoms with E-state index in [1.54, 1.807) is 36.7 Å². The van der Waals surface area contributed by atoms with E-state index in [4.69, 9.17) is 4.74 Å². The van der Waals surface area contributed by atoms with Gasteiger partial charge in [0.05, 0.1) is 5.41 Å². The zero-order chi connectivity index (χ0) is 19.1. The molecule has 1 saturated carbocycles. The Morgan fingerprint density at radius 3 is 2.67 bits per heavy atom. The molecule has 3 rings (SSSR count). The van der Waals surface area contributed by atoms with Gasteiger partial charge in [-0.05, 0) is 37.1 Å². The number of rotatable bonds is 7. The molecule has 1 heterocycles. The topological polar surface area (TPSA) is 88.5 Å². The number of aromatic nitrogens is 1. The van der Waals surface area contributed by atoms with Crippen LogP contribution in [0.1, 0.15) is 48.0 Å². The number of carbonyl (C=O) groups excluding carboxylic acids is 1. The Bertz CT molecular complexity index is 786. The maximum absolute atomic E-state index is 12.5. The summed E-state index contributed by atoms with van der Waals surface area (Å²) in [6.45, 7) is 0.517. The lowest BCUT2D eigenvalue weighted by Gasteiger charge is -2.33. The normalized spacial score (nSPS) is 15.7. The van der Waals surface area contributed by atoms with Gasteiger partial charge in [0, 0.05) is 30.1 Å². The van der Waals surface area contributed by atoms with E-state index in [1.165, 1.54) is 0 Å². The van der Waals surface area contributed by atoms with E-state index in [9.17, 15) is 14.7 Å². The molecule has 1 aliphatic carbocycles. The second-order valence-electron chi connectivity index (χ2n) is 7.01. The number of amides is 1. The van der Waals surface area contributed by atoms with E-state index < -0.39 is 11.4 Å². The molecular formula is C21H24N2O4. The van der Waals surface area contributed by atoms with Crippen molar-refractivity contribution in [3.63, 3.8) is 0 Å². The van der Waals surface area contributed by atoms with Crippen LogP contribution < -0.4 is 10.1 Å². The molecule has 1 aromatic carbocycles. The van der Waals surface area contributed by atoms with Crippen molar-refractivity contribution in [1.29, 1.82) is 0 Å². The molecule has 0 bridgehead atoms. The molecule has 142 valence electrons. The van der Waals surface area contributed by atoms with Crippen molar-refractivity contribution in [2.24, 2.45) is 5.41 Å². The predicted octanol–water partition coefficient (Wildman–Crippen LogP) is 3.43. The maximum Gasteiger partial charge on any atom is 0.311 e. The number of hydrogen-bond acceptors (Lipinski definition) is 4. The third-order valence-electron chi connectivity index (χ3n) is 5.08. The number of benzene rings is 1. The third-order valence-corrected chi connectivity index (χ3v) is 5.08. The van der Waals surface area contributed by atoms with Crippen LogP contribution in [-0.4, -0.2) is 28.5 Å². The number of pyridine rings is 1. The first kappa shape index (κ1) is 18.9. The average Bonchev–Trinajstić information content (AvgIpc) is 2.72. The van der Waals surface area contributed by atoms with Gasteiger partial charge in [0.2, 0.25) is 0 Å². The molecule has 1 amide bonds. The van der Waals surface area contributed by atoms with Crippen LogP contribution in [0.2, 0.25) is 0 Å². The summed E-state index contributed by atoms with van der Waals surface area (Å²) in [7, 11) is 0. The first-order valence-electron chi connectivity index (χ1n) is 9.22. The molecule has 6 heteroatoms. The van der Waals surface area contributed by atoms with Gasteiger partial charge in [-0.2, -0.15) is 0 Å². The number of carbonyl (C=O) groups is 2. The van der Waals surface area contributed by atoms with Crippen LogP contribution in [0.3, 0.4) is 0 Å². The Kier molecular flexibility index (Phi) is 6.06. The zero-order valence-corrected chi connectivity index (χ0v) is 15.2. The van der Waals surface area contributed by atoms with Crippen LogP contribution in [-0.2, 0) is 11.4 Å². The van der Waals surface area contributed by atoms with E-state index >= 15 is 0 Å². The van der Waals surface area contributed by atoms with Crippen molar-refractivity contribution < 1.29 is 19.4 Å². The van der Waals surface area contributed by atoms with Crippen molar-refractivity contribution in [2.75, 3.05) is 6.54 Å². The standard InChI is InChI=1S/C21H24N2O4/c24-19(23-15-21(20(25)26)9-2-1-3-10-21)17-7-4-8-18(12-17)27-14-16-6-5-11-22-13-16/h4-8,11-13H,1-3,9-10,14-15H2,(H,23,24)(H,25,26). The zero-order valence-electron chi connectivity index (χ0n) is 15.2. The second kappa shape index (κ2) is 8.66. The maximum atomic E-state index is 12.5. The minimum atomic E-state index is -0.845. The third kappa shape index (κ3) is 4.84. The lowest BCUT2D eigenvalue weighted by atomic mass is 9.74. The number of hydrogen-bond donors (Lipinski definition) is 2. The first-order valence-corrected chi connectivity index (χ1v) is 9.22. The number of ether oxygens (including phenoxy) is 1. The van der Waals surface area contributed by atoms with E-state index in [0.717, 1.165) is 24.8 Å². The van der Waals surface area contributed by atoms with E-state index in [1.807, 2.05) is 12.1 Å². The molecule has 6 nitrogen and oxygen atoms in total. The van der Waals surface area contributed by atoms with Crippen molar-refractivity contribution in [3.8, 4) is 5.75 Å². The highest BCUT2D eigenvalue weighted by atomic mass is 16.5. The van der Waals surface area contributed by atoms with Crippen molar-refractivity contribution in [1.82, 2.24) is 10.3 Å². The van der Waals surface area contributed by atoms with Gasteiger partial charge in [-0.1, -0.05) is 31.4 Å². The van der Waals surface area contributed by atoms with Crippen LogP contribution >= 0.6 is 0 Å². The molecule has 0 spiro atoms. The van der Waals surface area contributed by atoms with Crippen molar-refractivity contribution in [2.45, 2.75) is 38.7 Å². The fraction of sp³-hybridized carbons (Fsp3) is 0.381. The lowest BCUT2D eigenvalue weighted by molar-refractivity contribution is -0.150. The Morgan fingerprint density at radius 2 is 1.96 bits per heavy atom. The monoisotopic (exact) mass is 368 g/mol. The quantitative estimate of drug-likeness (QED) is 0.782. The van der Waals surface area contributed by atoms with E-state index in [2.05, 4.69) is 10.3 Å². The number of nitrogens with zero attached hydrogens (tertiary/aromatic N) is 1. The summed E-state index contributed by atoms with van der Waals surface area (Å²) < 4.78 is 5.72. The Balaban J connectivity index is 1.60. The summed E-state index contributed by atoms with van der Waals surface area (Å²) in [6.07, 6.45) is 7.48. The average molecular weight is 368 g/mol. The summed E-state index contributed by atoms with van der Waals surface area (Å²) in [5.74, 6) is -0.527. The van der Waals surface area contributed by atoms with Gasteiger partial charge < -0.3 is 15.2 Å². The van der Waals surface area contributed by atoms with Gasteiger partial charge >= 0.3 is 5.97 Å². The Morgan fingerprint density at radius 1 is 1.15 bits per heavy atom. The van der Waals surface area contributed by atoms with Gasteiger partial charge in [-0.3, -0.25) is 14.6 Å². The van der Waals surface area contributed by atoms with Crippen LogP contribution in [0.25, 0.3) is 0 Å². The molecular weight excluding hydrogens is 344 g/mol. The Labute approximate surface area is 158 Å². The molecule has 0 radical (unpaired) electrons. The molecule has 1 aliphatic rings. The van der Waals surface area contributed by atoms with Gasteiger partial charge in [0.25, 0.3) is 5.91 Å². The molecule has 2 aromatic rings. The predicted molar refractivity (Wildman–Crippen MR) is 100 cm³/mol. The van der Waals surface area contributed by atoms with E-state index in [0.29, 0.717) is 30.8 Å². The summed E-state index contributed by atoms with van der Waals surface area (Å²) >= 11 is 0. The van der Waals surface area contributed by atoms with Crippen molar-refractivity contribution >= 4 is 11.9 Å². The fourth-order valence-corrected chi connectivity index (χ4v) is 3.42. The molecule has 0 saturated heterocycles. The minimum absolute atomic E-state index is 0.155. The largest absolute Gasteiger partial charge is 0.489 e. The first-order chi connectivity index (χ1) is 13.1.